The van der Waals surface area contributed by atoms with Crippen molar-refractivity contribution in [3.63, 3.8) is 0 Å². The van der Waals surface area contributed by atoms with Crippen molar-refractivity contribution in [1.82, 2.24) is 9.80 Å². The van der Waals surface area contributed by atoms with Gasteiger partial charge in [0.1, 0.15) is 6.17 Å². The Hall–Kier alpha value is -0.150. The van der Waals surface area contributed by atoms with Gasteiger partial charge in [-0.1, -0.05) is 0 Å². The van der Waals surface area contributed by atoms with Gasteiger partial charge in [0.05, 0.1) is 0 Å². The third kappa shape index (κ3) is 1.38. The number of alkyl halides is 1. The molecule has 1 spiro atoms. The van der Waals surface area contributed by atoms with Crippen molar-refractivity contribution in [2.45, 2.75) is 26.1 Å². The van der Waals surface area contributed by atoms with Crippen LogP contribution in [0.5, 0.6) is 0 Å². The maximum atomic E-state index is 13.6. The number of halogens is 1. The van der Waals surface area contributed by atoms with Crippen LogP contribution in [-0.4, -0.2) is 55.2 Å². The highest BCUT2D eigenvalue weighted by Gasteiger charge is 2.54. The molecule has 2 nitrogen and oxygen atoms in total. The Morgan fingerprint density at radius 2 is 1.92 bits per heavy atom. The minimum absolute atomic E-state index is 0.0149. The van der Waals surface area contributed by atoms with Crippen LogP contribution in [0.25, 0.3) is 0 Å². The molecule has 0 saturated carbocycles. The third-order valence-corrected chi connectivity index (χ3v) is 3.49. The minimum Gasteiger partial charge on any atom is -0.303 e. The summed E-state index contributed by atoms with van der Waals surface area (Å²) in [5.74, 6) is 0. The van der Waals surface area contributed by atoms with E-state index in [4.69, 9.17) is 0 Å². The molecule has 2 rings (SSSR count). The Balaban J connectivity index is 1.96. The molecule has 0 N–H and O–H groups in total. The van der Waals surface area contributed by atoms with Gasteiger partial charge in [0.2, 0.25) is 0 Å². The second-order valence-electron chi connectivity index (χ2n) is 5.03. The second-order valence-corrected chi connectivity index (χ2v) is 5.03. The van der Waals surface area contributed by atoms with Gasteiger partial charge >= 0.3 is 0 Å². The normalized spacial score (nSPS) is 34.4. The van der Waals surface area contributed by atoms with Crippen molar-refractivity contribution in [3.8, 4) is 0 Å². The highest BCUT2D eigenvalue weighted by Crippen LogP contribution is 2.41. The quantitative estimate of drug-likeness (QED) is 0.602. The van der Waals surface area contributed by atoms with Gasteiger partial charge in [-0.2, -0.15) is 0 Å². The Morgan fingerprint density at radius 3 is 2.31 bits per heavy atom. The van der Waals surface area contributed by atoms with Crippen LogP contribution in [0, 0.1) is 5.41 Å². The Labute approximate surface area is 79.7 Å². The average Bonchev–Trinajstić information content (AvgIpc) is 2.21. The maximum Gasteiger partial charge on any atom is 0.122 e. The van der Waals surface area contributed by atoms with Crippen molar-refractivity contribution >= 4 is 0 Å². The Bertz CT molecular complexity index is 199. The van der Waals surface area contributed by atoms with Crippen LogP contribution in [0.4, 0.5) is 4.39 Å². The fraction of sp³-hybridized carbons (Fsp3) is 1.00. The molecule has 0 unspecified atom stereocenters. The Kier molecular flexibility index (Phi) is 2.11. The molecule has 2 aliphatic heterocycles. The summed E-state index contributed by atoms with van der Waals surface area (Å²) in [6, 6.07) is 0.573. The molecule has 0 bridgehead atoms. The monoisotopic (exact) mass is 186 g/mol. The maximum absolute atomic E-state index is 13.6. The van der Waals surface area contributed by atoms with Crippen LogP contribution in [0.3, 0.4) is 0 Å². The summed E-state index contributed by atoms with van der Waals surface area (Å²) >= 11 is 0. The smallest absolute Gasteiger partial charge is 0.122 e. The lowest BCUT2D eigenvalue weighted by Crippen LogP contribution is -2.62. The molecule has 3 heteroatoms. The van der Waals surface area contributed by atoms with Gasteiger partial charge in [-0.25, -0.2) is 4.39 Å². The molecular formula is C10H19FN2. The second kappa shape index (κ2) is 2.92. The van der Waals surface area contributed by atoms with E-state index >= 15 is 0 Å². The number of hydrogen-bond donors (Lipinski definition) is 0. The first-order chi connectivity index (χ1) is 6.03. The zero-order chi connectivity index (χ0) is 9.64. The van der Waals surface area contributed by atoms with Crippen molar-refractivity contribution < 1.29 is 4.39 Å². The van der Waals surface area contributed by atoms with Gasteiger partial charge in [-0.05, 0) is 20.9 Å². The molecule has 2 heterocycles. The lowest BCUT2D eigenvalue weighted by atomic mass is 9.77. The first-order valence-electron chi connectivity index (χ1n) is 5.10. The van der Waals surface area contributed by atoms with Gasteiger partial charge in [0.25, 0.3) is 0 Å². The van der Waals surface area contributed by atoms with E-state index in [1.807, 2.05) is 7.05 Å². The van der Waals surface area contributed by atoms with Crippen LogP contribution in [0.2, 0.25) is 0 Å². The zero-order valence-corrected chi connectivity index (χ0v) is 8.76. The molecule has 0 aromatic carbocycles. The molecule has 1 atom stereocenters. The molecule has 76 valence electrons. The van der Waals surface area contributed by atoms with Crippen LogP contribution in [0.15, 0.2) is 0 Å². The van der Waals surface area contributed by atoms with E-state index in [-0.39, 0.29) is 5.41 Å². The number of nitrogens with zero attached hydrogens (tertiary/aromatic N) is 2. The molecule has 2 fully saturated rings. The van der Waals surface area contributed by atoms with Crippen LogP contribution in [0.1, 0.15) is 13.8 Å². The van der Waals surface area contributed by atoms with E-state index in [1.165, 1.54) is 0 Å². The summed E-state index contributed by atoms with van der Waals surface area (Å²) in [6.07, 6.45) is -0.604. The van der Waals surface area contributed by atoms with Crippen molar-refractivity contribution in [3.05, 3.63) is 0 Å². The topological polar surface area (TPSA) is 6.48 Å². The van der Waals surface area contributed by atoms with Gasteiger partial charge in [0, 0.05) is 37.6 Å². The number of hydrogen-bond acceptors (Lipinski definition) is 2. The molecule has 0 radical (unpaired) electrons. The molecule has 0 amide bonds. The summed E-state index contributed by atoms with van der Waals surface area (Å²) in [6.45, 7) is 7.84. The molecular weight excluding hydrogens is 167 g/mol. The number of rotatable bonds is 1. The van der Waals surface area contributed by atoms with Gasteiger partial charge in [0.15, 0.2) is 0 Å². The molecule has 0 aromatic rings. The third-order valence-electron chi connectivity index (χ3n) is 3.49. The standard InChI is InChI=1S/C10H19FN2/c1-8(2)13-6-10(7-13)5-12(3)4-9(10)11/h8-9H,4-7H2,1-3H3/t9-/m1/s1. The predicted molar refractivity (Wildman–Crippen MR) is 51.5 cm³/mol. The Morgan fingerprint density at radius 1 is 1.31 bits per heavy atom. The molecule has 13 heavy (non-hydrogen) atoms. The van der Waals surface area contributed by atoms with E-state index in [1.54, 1.807) is 0 Å². The first-order valence-corrected chi connectivity index (χ1v) is 5.10. The first kappa shape index (κ1) is 9.41. The van der Waals surface area contributed by atoms with E-state index in [0.717, 1.165) is 19.6 Å². The number of likely N-dealkylation sites (tertiary alicyclic amines) is 2. The lowest BCUT2D eigenvalue weighted by Gasteiger charge is -2.51. The summed E-state index contributed by atoms with van der Waals surface area (Å²) in [4.78, 5) is 4.47. The SMILES string of the molecule is CC(C)N1CC2(CN(C)C[C@H]2F)C1. The van der Waals surface area contributed by atoms with Gasteiger partial charge in [-0.15, -0.1) is 0 Å². The minimum atomic E-state index is -0.604. The predicted octanol–water partition coefficient (Wildman–Crippen LogP) is 0.980. The molecule has 0 aromatic heterocycles. The lowest BCUT2D eigenvalue weighted by molar-refractivity contribution is -0.0497. The van der Waals surface area contributed by atoms with Crippen LogP contribution >= 0.6 is 0 Å². The van der Waals surface area contributed by atoms with Gasteiger partial charge < -0.3 is 4.90 Å². The largest absolute Gasteiger partial charge is 0.303 e. The van der Waals surface area contributed by atoms with E-state index in [9.17, 15) is 4.39 Å². The highest BCUT2D eigenvalue weighted by atomic mass is 19.1. The highest BCUT2D eigenvalue weighted by molar-refractivity contribution is 5.06. The summed E-state index contributed by atoms with van der Waals surface area (Å²) in [5, 5.41) is 0. The van der Waals surface area contributed by atoms with Crippen molar-refractivity contribution in [2.24, 2.45) is 5.41 Å². The summed E-state index contributed by atoms with van der Waals surface area (Å²) in [7, 11) is 2.01. The van der Waals surface area contributed by atoms with Crippen LogP contribution < -0.4 is 0 Å². The summed E-state index contributed by atoms with van der Waals surface area (Å²) in [5.41, 5.74) is -0.0149. The fourth-order valence-corrected chi connectivity index (χ4v) is 2.59. The zero-order valence-electron chi connectivity index (χ0n) is 8.76. The van der Waals surface area contributed by atoms with E-state index in [0.29, 0.717) is 12.6 Å². The fourth-order valence-electron chi connectivity index (χ4n) is 2.59. The molecule has 2 aliphatic rings. The van der Waals surface area contributed by atoms with Crippen molar-refractivity contribution in [1.29, 1.82) is 0 Å². The van der Waals surface area contributed by atoms with Gasteiger partial charge in [-0.3, -0.25) is 4.90 Å². The summed E-state index contributed by atoms with van der Waals surface area (Å²) < 4.78 is 13.6. The van der Waals surface area contributed by atoms with Crippen molar-refractivity contribution in [2.75, 3.05) is 33.2 Å². The van der Waals surface area contributed by atoms with E-state index in [2.05, 4.69) is 23.6 Å². The molecule has 2 saturated heterocycles. The van der Waals surface area contributed by atoms with E-state index < -0.39 is 6.17 Å². The van der Waals surface area contributed by atoms with Crippen LogP contribution in [-0.2, 0) is 0 Å². The average molecular weight is 186 g/mol. The molecule has 0 aliphatic carbocycles.